The number of alkyl carbamates (subject to hydrolysis) is 1. The van der Waals surface area contributed by atoms with E-state index in [1.165, 1.54) is 0 Å². The summed E-state index contributed by atoms with van der Waals surface area (Å²) in [6.45, 7) is 5.24. The molecule has 1 heterocycles. The fourth-order valence-corrected chi connectivity index (χ4v) is 3.86. The maximum absolute atomic E-state index is 12.0. The minimum atomic E-state index is -0.589. The van der Waals surface area contributed by atoms with Crippen LogP contribution in [0.3, 0.4) is 0 Å². The van der Waals surface area contributed by atoms with E-state index in [4.69, 9.17) is 16.3 Å². The highest BCUT2D eigenvalue weighted by molar-refractivity contribution is 14.1. The van der Waals surface area contributed by atoms with Crippen LogP contribution in [-0.2, 0) is 9.53 Å². The standard InChI is InChI=1S/C18H26ClIN4O3/c1-18(2,3)27-17(26)21-10-16(25)23-13-6-4-12(5-7-13)22-15-9-11(20)8-14(19)24-15/h8-9,12-13H,4-7,10H2,1-3H3,(H,21,26)(H,22,24)(H,23,25). The van der Waals surface area contributed by atoms with Crippen LogP contribution in [0.4, 0.5) is 10.6 Å². The van der Waals surface area contributed by atoms with Crippen LogP contribution in [0.15, 0.2) is 12.1 Å². The Bertz CT molecular complexity index is 653. The number of rotatable bonds is 5. The number of anilines is 1. The summed E-state index contributed by atoms with van der Waals surface area (Å²) < 4.78 is 6.15. The maximum atomic E-state index is 12.0. The van der Waals surface area contributed by atoms with Gasteiger partial charge in [0.25, 0.3) is 0 Å². The number of pyridine rings is 1. The second-order valence-corrected chi connectivity index (χ2v) is 9.24. The van der Waals surface area contributed by atoms with Gasteiger partial charge in [0.1, 0.15) is 23.1 Å². The van der Waals surface area contributed by atoms with Crippen molar-refractivity contribution in [2.45, 2.75) is 64.1 Å². The van der Waals surface area contributed by atoms with Crippen molar-refractivity contribution in [3.05, 3.63) is 20.9 Å². The van der Waals surface area contributed by atoms with Crippen molar-refractivity contribution >= 4 is 52.0 Å². The summed E-state index contributed by atoms with van der Waals surface area (Å²) in [7, 11) is 0. The van der Waals surface area contributed by atoms with E-state index in [9.17, 15) is 9.59 Å². The van der Waals surface area contributed by atoms with Crippen molar-refractivity contribution in [1.29, 1.82) is 0 Å². The van der Waals surface area contributed by atoms with Crippen molar-refractivity contribution in [2.24, 2.45) is 0 Å². The Morgan fingerprint density at radius 1 is 1.22 bits per heavy atom. The lowest BCUT2D eigenvalue weighted by atomic mass is 9.91. The molecule has 1 aliphatic carbocycles. The van der Waals surface area contributed by atoms with Crippen LogP contribution in [0.5, 0.6) is 0 Å². The van der Waals surface area contributed by atoms with E-state index in [1.54, 1.807) is 20.8 Å². The van der Waals surface area contributed by atoms with Crippen molar-refractivity contribution < 1.29 is 14.3 Å². The maximum Gasteiger partial charge on any atom is 0.408 e. The molecule has 7 nitrogen and oxygen atoms in total. The molecule has 2 rings (SSSR count). The lowest BCUT2D eigenvalue weighted by molar-refractivity contribution is -0.121. The van der Waals surface area contributed by atoms with Gasteiger partial charge < -0.3 is 20.7 Å². The quantitative estimate of drug-likeness (QED) is 0.417. The molecule has 1 aromatic heterocycles. The lowest BCUT2D eigenvalue weighted by Crippen LogP contribution is -2.45. The Morgan fingerprint density at radius 2 is 1.85 bits per heavy atom. The first kappa shape index (κ1) is 22.0. The zero-order valence-electron chi connectivity index (χ0n) is 15.8. The summed E-state index contributed by atoms with van der Waals surface area (Å²) in [5.74, 6) is 0.573. The zero-order valence-corrected chi connectivity index (χ0v) is 18.7. The Balaban J connectivity index is 1.69. The van der Waals surface area contributed by atoms with E-state index in [2.05, 4.69) is 43.5 Å². The molecule has 0 aromatic carbocycles. The highest BCUT2D eigenvalue weighted by Gasteiger charge is 2.23. The first-order chi connectivity index (χ1) is 12.6. The molecule has 1 fully saturated rings. The van der Waals surface area contributed by atoms with Crippen molar-refractivity contribution in [3.8, 4) is 0 Å². The summed E-state index contributed by atoms with van der Waals surface area (Å²) in [6, 6.07) is 4.19. The Morgan fingerprint density at radius 3 is 2.44 bits per heavy atom. The van der Waals surface area contributed by atoms with Crippen molar-refractivity contribution in [1.82, 2.24) is 15.6 Å². The average molecular weight is 509 g/mol. The van der Waals surface area contributed by atoms with E-state index < -0.39 is 11.7 Å². The largest absolute Gasteiger partial charge is 0.444 e. The topological polar surface area (TPSA) is 92.3 Å². The number of carbonyl (C=O) groups is 2. The van der Waals surface area contributed by atoms with E-state index in [0.29, 0.717) is 11.2 Å². The number of amides is 2. The molecule has 0 saturated heterocycles. The van der Waals surface area contributed by atoms with E-state index in [-0.39, 0.29) is 18.5 Å². The SMILES string of the molecule is CC(C)(C)OC(=O)NCC(=O)NC1CCC(Nc2cc(I)cc(Cl)n2)CC1. The van der Waals surface area contributed by atoms with Gasteiger partial charge in [0.05, 0.1) is 0 Å². The number of nitrogens with one attached hydrogen (secondary N) is 3. The van der Waals surface area contributed by atoms with Gasteiger partial charge in [-0.3, -0.25) is 4.79 Å². The third-order valence-electron chi connectivity index (χ3n) is 4.00. The van der Waals surface area contributed by atoms with Gasteiger partial charge in [-0.1, -0.05) is 11.6 Å². The third-order valence-corrected chi connectivity index (χ3v) is 4.81. The smallest absolute Gasteiger partial charge is 0.408 e. The molecule has 3 N–H and O–H groups in total. The highest BCUT2D eigenvalue weighted by Crippen LogP contribution is 2.23. The monoisotopic (exact) mass is 508 g/mol. The van der Waals surface area contributed by atoms with Gasteiger partial charge in [-0.15, -0.1) is 0 Å². The number of ether oxygens (including phenoxy) is 1. The fraction of sp³-hybridized carbons (Fsp3) is 0.611. The minimum Gasteiger partial charge on any atom is -0.444 e. The van der Waals surface area contributed by atoms with E-state index in [1.807, 2.05) is 12.1 Å². The molecule has 150 valence electrons. The molecule has 0 spiro atoms. The lowest BCUT2D eigenvalue weighted by Gasteiger charge is -2.30. The summed E-state index contributed by atoms with van der Waals surface area (Å²) in [5, 5.41) is 9.32. The molecule has 1 aromatic rings. The molecule has 1 saturated carbocycles. The minimum absolute atomic E-state index is 0.0854. The molecule has 0 unspecified atom stereocenters. The molecule has 1 aliphatic rings. The Hall–Kier alpha value is -1.29. The fourth-order valence-electron chi connectivity index (χ4n) is 2.88. The van der Waals surface area contributed by atoms with Gasteiger partial charge >= 0.3 is 6.09 Å². The predicted octanol–water partition coefficient (Wildman–Crippen LogP) is 3.70. The van der Waals surface area contributed by atoms with E-state index in [0.717, 1.165) is 35.1 Å². The molecule has 0 aliphatic heterocycles. The first-order valence-corrected chi connectivity index (χ1v) is 10.4. The molecular weight excluding hydrogens is 483 g/mol. The predicted molar refractivity (Wildman–Crippen MR) is 114 cm³/mol. The highest BCUT2D eigenvalue weighted by atomic mass is 127. The number of hydrogen-bond donors (Lipinski definition) is 3. The number of hydrogen-bond acceptors (Lipinski definition) is 5. The second-order valence-electron chi connectivity index (χ2n) is 7.61. The van der Waals surface area contributed by atoms with Gasteiger partial charge in [0.2, 0.25) is 5.91 Å². The van der Waals surface area contributed by atoms with Crippen LogP contribution >= 0.6 is 34.2 Å². The number of nitrogens with zero attached hydrogens (tertiary/aromatic N) is 1. The van der Waals surface area contributed by atoms with Crippen molar-refractivity contribution in [2.75, 3.05) is 11.9 Å². The number of aromatic nitrogens is 1. The normalized spacial score (nSPS) is 19.9. The third kappa shape index (κ3) is 8.50. The van der Waals surface area contributed by atoms with Gasteiger partial charge in [0, 0.05) is 15.7 Å². The van der Waals surface area contributed by atoms with Gasteiger partial charge in [-0.05, 0) is 81.2 Å². The Labute approximate surface area is 178 Å². The average Bonchev–Trinajstić information content (AvgIpc) is 2.52. The molecule has 27 heavy (non-hydrogen) atoms. The van der Waals surface area contributed by atoms with Gasteiger partial charge in [0.15, 0.2) is 0 Å². The summed E-state index contributed by atoms with van der Waals surface area (Å²) in [4.78, 5) is 27.9. The number of halogens is 2. The first-order valence-electron chi connectivity index (χ1n) is 8.96. The zero-order chi connectivity index (χ0) is 20.0. The van der Waals surface area contributed by atoms with Crippen LogP contribution in [0.2, 0.25) is 5.15 Å². The molecule has 0 bridgehead atoms. The molecule has 2 amide bonds. The van der Waals surface area contributed by atoms with Crippen LogP contribution in [0, 0.1) is 3.57 Å². The van der Waals surface area contributed by atoms with E-state index >= 15 is 0 Å². The Kier molecular flexibility index (Phi) is 7.96. The van der Waals surface area contributed by atoms with Crippen molar-refractivity contribution in [3.63, 3.8) is 0 Å². The van der Waals surface area contributed by atoms with Crippen LogP contribution in [0.25, 0.3) is 0 Å². The van der Waals surface area contributed by atoms with Gasteiger partial charge in [-0.2, -0.15) is 0 Å². The molecule has 9 heteroatoms. The molecule has 0 radical (unpaired) electrons. The van der Waals surface area contributed by atoms with Crippen LogP contribution < -0.4 is 16.0 Å². The summed E-state index contributed by atoms with van der Waals surface area (Å²) in [5.41, 5.74) is -0.582. The molecular formula is C18H26ClIN4O3. The van der Waals surface area contributed by atoms with Crippen LogP contribution in [0.1, 0.15) is 46.5 Å². The summed E-state index contributed by atoms with van der Waals surface area (Å²) >= 11 is 8.20. The summed E-state index contributed by atoms with van der Waals surface area (Å²) in [6.07, 6.45) is 3.00. The number of carbonyl (C=O) groups excluding carboxylic acids is 2. The second kappa shape index (κ2) is 9.77. The van der Waals surface area contributed by atoms with Crippen LogP contribution in [-0.4, -0.2) is 41.2 Å². The van der Waals surface area contributed by atoms with Gasteiger partial charge in [-0.25, -0.2) is 9.78 Å². The molecule has 0 atom stereocenters.